The molecule has 0 radical (unpaired) electrons. The van der Waals surface area contributed by atoms with Gasteiger partial charge in [-0.15, -0.1) is 0 Å². The molecule has 10 heteroatoms. The molecule has 0 aliphatic heterocycles. The summed E-state index contributed by atoms with van der Waals surface area (Å²) in [6.45, 7) is 4.11. The molecule has 0 saturated heterocycles. The minimum atomic E-state index is -3.87. The molecule has 0 aliphatic carbocycles. The van der Waals surface area contributed by atoms with E-state index in [1.165, 1.54) is 12.1 Å². The first-order chi connectivity index (χ1) is 9.81. The van der Waals surface area contributed by atoms with E-state index in [2.05, 4.69) is 10.1 Å². The molecular weight excluding hydrogens is 300 g/mol. The summed E-state index contributed by atoms with van der Waals surface area (Å²) in [7, 11) is -3.87. The first-order valence-corrected chi connectivity index (χ1v) is 7.65. The van der Waals surface area contributed by atoms with E-state index in [4.69, 9.17) is 10.6 Å². The van der Waals surface area contributed by atoms with E-state index in [9.17, 15) is 18.5 Å². The maximum atomic E-state index is 12.1. The highest BCUT2D eigenvalue weighted by molar-refractivity contribution is 7.89. The van der Waals surface area contributed by atoms with Gasteiger partial charge in [0.2, 0.25) is 10.0 Å². The lowest BCUT2D eigenvalue weighted by molar-refractivity contribution is -0.384. The third-order valence-electron chi connectivity index (χ3n) is 2.56. The molecule has 4 N–H and O–H groups in total. The van der Waals surface area contributed by atoms with Crippen LogP contribution in [0.4, 0.5) is 11.4 Å². The van der Waals surface area contributed by atoms with Gasteiger partial charge in [-0.05, 0) is 26.0 Å². The number of anilines is 1. The zero-order valence-corrected chi connectivity index (χ0v) is 12.5. The third-order valence-corrected chi connectivity index (χ3v) is 4.15. The number of benzene rings is 1. The third kappa shape index (κ3) is 4.63. The topological polar surface area (TPSA) is 137 Å². The standard InChI is InChI=1S/C11H18N4O5S/c1-3-20-7-8(2)14-21(18,19)9-4-5-10(13-12)11(6-9)15(16)17/h4-6,8,13-14H,3,7,12H2,1-2H3. The fourth-order valence-corrected chi connectivity index (χ4v) is 2.86. The Labute approximate surface area is 122 Å². The highest BCUT2D eigenvalue weighted by Gasteiger charge is 2.22. The summed E-state index contributed by atoms with van der Waals surface area (Å²) in [6, 6.07) is 2.96. The van der Waals surface area contributed by atoms with Crippen LogP contribution in [0.15, 0.2) is 23.1 Å². The number of ether oxygens (including phenoxy) is 1. The summed E-state index contributed by atoms with van der Waals surface area (Å²) in [5.41, 5.74) is 1.76. The van der Waals surface area contributed by atoms with Crippen molar-refractivity contribution in [1.29, 1.82) is 0 Å². The quantitative estimate of drug-likeness (QED) is 0.362. The van der Waals surface area contributed by atoms with Gasteiger partial charge in [0, 0.05) is 18.7 Å². The van der Waals surface area contributed by atoms with E-state index in [1.54, 1.807) is 13.8 Å². The number of nitro benzene ring substituents is 1. The molecule has 9 nitrogen and oxygen atoms in total. The molecule has 1 atom stereocenters. The molecule has 0 heterocycles. The van der Waals surface area contributed by atoms with Gasteiger partial charge in [0.1, 0.15) is 5.69 Å². The van der Waals surface area contributed by atoms with Gasteiger partial charge < -0.3 is 10.2 Å². The number of hydrazine groups is 1. The Kier molecular flexibility index (Phi) is 6.03. The second-order valence-electron chi connectivity index (χ2n) is 4.26. The molecular formula is C11H18N4O5S. The van der Waals surface area contributed by atoms with Gasteiger partial charge in [-0.1, -0.05) is 0 Å². The van der Waals surface area contributed by atoms with Crippen LogP contribution < -0.4 is 16.0 Å². The molecule has 0 amide bonds. The average Bonchev–Trinajstić information content (AvgIpc) is 2.43. The van der Waals surface area contributed by atoms with Crippen molar-refractivity contribution in [2.75, 3.05) is 18.6 Å². The van der Waals surface area contributed by atoms with Gasteiger partial charge in [-0.2, -0.15) is 0 Å². The molecule has 0 aliphatic rings. The number of nitro groups is 1. The Bertz CT molecular complexity index is 605. The molecule has 1 unspecified atom stereocenters. The summed E-state index contributed by atoms with van der Waals surface area (Å²) in [5, 5.41) is 10.9. The first-order valence-electron chi connectivity index (χ1n) is 6.17. The van der Waals surface area contributed by atoms with Crippen molar-refractivity contribution >= 4 is 21.4 Å². The summed E-state index contributed by atoms with van der Waals surface area (Å²) in [4.78, 5) is 9.98. The Morgan fingerprint density at radius 3 is 2.67 bits per heavy atom. The highest BCUT2D eigenvalue weighted by atomic mass is 32.2. The van der Waals surface area contributed by atoms with E-state index >= 15 is 0 Å². The molecule has 0 bridgehead atoms. The molecule has 0 saturated carbocycles. The van der Waals surface area contributed by atoms with Gasteiger partial charge in [-0.3, -0.25) is 16.0 Å². The zero-order valence-electron chi connectivity index (χ0n) is 11.7. The van der Waals surface area contributed by atoms with Crippen molar-refractivity contribution in [2.24, 2.45) is 5.84 Å². The van der Waals surface area contributed by atoms with Crippen molar-refractivity contribution in [1.82, 2.24) is 4.72 Å². The van der Waals surface area contributed by atoms with Crippen molar-refractivity contribution in [2.45, 2.75) is 24.8 Å². The van der Waals surface area contributed by atoms with E-state index < -0.39 is 26.7 Å². The maximum Gasteiger partial charge on any atom is 0.294 e. The van der Waals surface area contributed by atoms with Crippen LogP contribution in [0.25, 0.3) is 0 Å². The van der Waals surface area contributed by atoms with Crippen molar-refractivity contribution < 1.29 is 18.1 Å². The monoisotopic (exact) mass is 318 g/mol. The lowest BCUT2D eigenvalue weighted by Crippen LogP contribution is -2.35. The van der Waals surface area contributed by atoms with E-state index in [1.807, 2.05) is 0 Å². The van der Waals surface area contributed by atoms with Crippen LogP contribution in [0.1, 0.15) is 13.8 Å². The normalized spacial score (nSPS) is 12.9. The van der Waals surface area contributed by atoms with Crippen molar-refractivity contribution in [3.63, 3.8) is 0 Å². The maximum absolute atomic E-state index is 12.1. The Morgan fingerprint density at radius 2 is 2.14 bits per heavy atom. The molecule has 1 aromatic rings. The van der Waals surface area contributed by atoms with E-state index in [0.717, 1.165) is 6.07 Å². The average molecular weight is 318 g/mol. The van der Waals surface area contributed by atoms with Crippen LogP contribution in [0.5, 0.6) is 0 Å². The van der Waals surface area contributed by atoms with Gasteiger partial charge in [0.25, 0.3) is 5.69 Å². The van der Waals surface area contributed by atoms with Gasteiger partial charge in [-0.25, -0.2) is 13.1 Å². The minimum absolute atomic E-state index is 0.0290. The van der Waals surface area contributed by atoms with E-state index in [0.29, 0.717) is 6.61 Å². The number of nitrogens with two attached hydrogens (primary N) is 1. The number of nitrogens with zero attached hydrogens (tertiary/aromatic N) is 1. The van der Waals surface area contributed by atoms with E-state index in [-0.39, 0.29) is 17.2 Å². The number of hydrogen-bond acceptors (Lipinski definition) is 7. The number of nitrogens with one attached hydrogen (secondary N) is 2. The number of nitrogen functional groups attached to an aromatic ring is 1. The SMILES string of the molecule is CCOCC(C)NS(=O)(=O)c1ccc(NN)c([N+](=O)[O-])c1. The predicted octanol–water partition coefficient (Wildman–Crippen LogP) is 0.584. The lowest BCUT2D eigenvalue weighted by Gasteiger charge is -2.14. The Balaban J connectivity index is 3.03. The van der Waals surface area contributed by atoms with Gasteiger partial charge in [0.05, 0.1) is 16.4 Å². The van der Waals surface area contributed by atoms with Crippen LogP contribution in [0.2, 0.25) is 0 Å². The smallest absolute Gasteiger partial charge is 0.294 e. The largest absolute Gasteiger partial charge is 0.380 e. The molecule has 21 heavy (non-hydrogen) atoms. The van der Waals surface area contributed by atoms with Crippen LogP contribution in [0.3, 0.4) is 0 Å². The van der Waals surface area contributed by atoms with Gasteiger partial charge in [0.15, 0.2) is 0 Å². The van der Waals surface area contributed by atoms with Crippen LogP contribution in [-0.2, 0) is 14.8 Å². The Hall–Kier alpha value is -1.75. The second kappa shape index (κ2) is 7.31. The second-order valence-corrected chi connectivity index (χ2v) is 5.98. The zero-order chi connectivity index (χ0) is 16.0. The highest BCUT2D eigenvalue weighted by Crippen LogP contribution is 2.26. The molecule has 0 aromatic heterocycles. The summed E-state index contributed by atoms with van der Waals surface area (Å²) in [5.74, 6) is 5.15. The fourth-order valence-electron chi connectivity index (χ4n) is 1.61. The summed E-state index contributed by atoms with van der Waals surface area (Å²) in [6.07, 6.45) is 0. The molecule has 1 rings (SSSR count). The fraction of sp³-hybridized carbons (Fsp3) is 0.455. The van der Waals surface area contributed by atoms with Gasteiger partial charge >= 0.3 is 0 Å². The van der Waals surface area contributed by atoms with Crippen molar-refractivity contribution in [3.8, 4) is 0 Å². The van der Waals surface area contributed by atoms with Crippen LogP contribution >= 0.6 is 0 Å². The van der Waals surface area contributed by atoms with Crippen molar-refractivity contribution in [3.05, 3.63) is 28.3 Å². The number of sulfonamides is 1. The molecule has 0 fully saturated rings. The lowest BCUT2D eigenvalue weighted by atomic mass is 10.3. The predicted molar refractivity (Wildman–Crippen MR) is 77.2 cm³/mol. The first kappa shape index (κ1) is 17.3. The Morgan fingerprint density at radius 1 is 1.48 bits per heavy atom. The molecule has 0 spiro atoms. The number of rotatable bonds is 8. The van der Waals surface area contributed by atoms with Crippen LogP contribution in [-0.4, -0.2) is 32.6 Å². The summed E-state index contributed by atoms with van der Waals surface area (Å²) >= 11 is 0. The minimum Gasteiger partial charge on any atom is -0.380 e. The van der Waals surface area contributed by atoms with Crippen LogP contribution in [0, 0.1) is 10.1 Å². The molecule has 118 valence electrons. The number of hydrogen-bond donors (Lipinski definition) is 3. The summed E-state index contributed by atoms with van der Waals surface area (Å²) < 4.78 is 31.8. The molecule has 1 aromatic carbocycles.